The minimum Gasteiger partial charge on any atom is -0.489 e. The summed E-state index contributed by atoms with van der Waals surface area (Å²) in [5.74, 6) is 0.141. The Labute approximate surface area is 118 Å². The van der Waals surface area contributed by atoms with E-state index < -0.39 is 0 Å². The highest BCUT2D eigenvalue weighted by Gasteiger charge is 2.25. The summed E-state index contributed by atoms with van der Waals surface area (Å²) in [4.78, 5) is 0. The van der Waals surface area contributed by atoms with Crippen LogP contribution in [0, 0.1) is 5.82 Å². The zero-order valence-electron chi connectivity index (χ0n) is 11.0. The van der Waals surface area contributed by atoms with E-state index in [2.05, 4.69) is 12.2 Å². The van der Waals surface area contributed by atoms with Crippen LogP contribution >= 0.6 is 11.6 Å². The van der Waals surface area contributed by atoms with Crippen molar-refractivity contribution in [3.63, 3.8) is 0 Å². The van der Waals surface area contributed by atoms with Gasteiger partial charge in [-0.1, -0.05) is 18.5 Å². The average molecular weight is 288 g/mol. The summed E-state index contributed by atoms with van der Waals surface area (Å²) in [5, 5.41) is 3.56. The maximum absolute atomic E-state index is 12.9. The molecule has 1 aliphatic heterocycles. The van der Waals surface area contributed by atoms with Gasteiger partial charge in [0.05, 0.1) is 17.2 Å². The maximum atomic E-state index is 12.9. The van der Waals surface area contributed by atoms with Crippen LogP contribution < -0.4 is 10.1 Å². The Morgan fingerprint density at radius 2 is 2.21 bits per heavy atom. The molecule has 106 valence electrons. The Morgan fingerprint density at radius 3 is 2.95 bits per heavy atom. The molecule has 0 amide bonds. The summed E-state index contributed by atoms with van der Waals surface area (Å²) >= 11 is 5.90. The van der Waals surface area contributed by atoms with E-state index in [1.165, 1.54) is 12.1 Å². The van der Waals surface area contributed by atoms with Crippen molar-refractivity contribution in [1.82, 2.24) is 5.32 Å². The monoisotopic (exact) mass is 287 g/mol. The first-order chi connectivity index (χ1) is 9.19. The SMILES string of the molecule is CCNCC1CCC(COc2ccc(F)cc2Cl)O1. The predicted molar refractivity (Wildman–Crippen MR) is 73.3 cm³/mol. The molecule has 1 saturated heterocycles. The van der Waals surface area contributed by atoms with Gasteiger partial charge in [-0.05, 0) is 37.6 Å². The molecule has 0 aliphatic carbocycles. The number of hydrogen-bond donors (Lipinski definition) is 1. The van der Waals surface area contributed by atoms with Gasteiger partial charge in [0, 0.05) is 6.54 Å². The molecular weight excluding hydrogens is 269 g/mol. The van der Waals surface area contributed by atoms with Crippen LogP contribution in [0.5, 0.6) is 5.75 Å². The molecule has 2 atom stereocenters. The first-order valence-electron chi connectivity index (χ1n) is 6.63. The van der Waals surface area contributed by atoms with Crippen LogP contribution in [0.4, 0.5) is 4.39 Å². The van der Waals surface area contributed by atoms with Gasteiger partial charge in [-0.25, -0.2) is 4.39 Å². The van der Waals surface area contributed by atoms with Crippen LogP contribution in [0.1, 0.15) is 19.8 Å². The van der Waals surface area contributed by atoms with Crippen LogP contribution in [-0.2, 0) is 4.74 Å². The van der Waals surface area contributed by atoms with Crippen LogP contribution in [-0.4, -0.2) is 31.9 Å². The highest BCUT2D eigenvalue weighted by molar-refractivity contribution is 6.32. The van der Waals surface area contributed by atoms with Gasteiger partial charge in [-0.15, -0.1) is 0 Å². The van der Waals surface area contributed by atoms with Crippen molar-refractivity contribution in [3.8, 4) is 5.75 Å². The summed E-state index contributed by atoms with van der Waals surface area (Å²) in [5.41, 5.74) is 0. The van der Waals surface area contributed by atoms with Crippen molar-refractivity contribution in [3.05, 3.63) is 29.0 Å². The Hall–Kier alpha value is -0.840. The summed E-state index contributed by atoms with van der Waals surface area (Å²) < 4.78 is 24.3. The summed E-state index contributed by atoms with van der Waals surface area (Å²) in [7, 11) is 0. The van der Waals surface area contributed by atoms with Crippen molar-refractivity contribution >= 4 is 11.6 Å². The number of nitrogens with one attached hydrogen (secondary N) is 1. The second-order valence-electron chi connectivity index (χ2n) is 4.65. The molecule has 5 heteroatoms. The fourth-order valence-corrected chi connectivity index (χ4v) is 2.35. The van der Waals surface area contributed by atoms with E-state index in [1.54, 1.807) is 6.07 Å². The van der Waals surface area contributed by atoms with Gasteiger partial charge >= 0.3 is 0 Å². The lowest BCUT2D eigenvalue weighted by Crippen LogP contribution is -2.28. The van der Waals surface area contributed by atoms with Crippen LogP contribution in [0.2, 0.25) is 5.02 Å². The first-order valence-corrected chi connectivity index (χ1v) is 7.01. The Kier molecular flexibility index (Phi) is 5.43. The fourth-order valence-electron chi connectivity index (χ4n) is 2.13. The lowest BCUT2D eigenvalue weighted by Gasteiger charge is -2.15. The molecule has 1 aliphatic rings. The minimum atomic E-state index is -0.361. The molecule has 0 spiro atoms. The zero-order chi connectivity index (χ0) is 13.7. The number of hydrogen-bond acceptors (Lipinski definition) is 3. The van der Waals surface area contributed by atoms with Crippen molar-refractivity contribution in [1.29, 1.82) is 0 Å². The Balaban J connectivity index is 1.77. The van der Waals surface area contributed by atoms with E-state index >= 15 is 0 Å². The first kappa shape index (κ1) is 14.6. The molecule has 1 heterocycles. The number of likely N-dealkylation sites (N-methyl/N-ethyl adjacent to an activating group) is 1. The molecule has 1 aromatic carbocycles. The van der Waals surface area contributed by atoms with Crippen LogP contribution in [0.3, 0.4) is 0 Å². The van der Waals surface area contributed by atoms with Gasteiger partial charge < -0.3 is 14.8 Å². The molecule has 1 N–H and O–H groups in total. The van der Waals surface area contributed by atoms with E-state index in [1.807, 2.05) is 0 Å². The van der Waals surface area contributed by atoms with Gasteiger partial charge in [-0.3, -0.25) is 0 Å². The topological polar surface area (TPSA) is 30.5 Å². The highest BCUT2D eigenvalue weighted by Crippen LogP contribution is 2.26. The molecule has 2 unspecified atom stereocenters. The van der Waals surface area contributed by atoms with Gasteiger partial charge in [0.25, 0.3) is 0 Å². The highest BCUT2D eigenvalue weighted by atomic mass is 35.5. The molecule has 0 radical (unpaired) electrons. The molecule has 0 aromatic heterocycles. The molecule has 0 bridgehead atoms. The molecule has 1 fully saturated rings. The van der Waals surface area contributed by atoms with Crippen molar-refractivity contribution < 1.29 is 13.9 Å². The second kappa shape index (κ2) is 7.08. The van der Waals surface area contributed by atoms with E-state index in [0.29, 0.717) is 17.4 Å². The average Bonchev–Trinajstić information content (AvgIpc) is 2.83. The smallest absolute Gasteiger partial charge is 0.138 e. The number of ether oxygens (including phenoxy) is 2. The van der Waals surface area contributed by atoms with Gasteiger partial charge in [0.15, 0.2) is 0 Å². The van der Waals surface area contributed by atoms with Crippen LogP contribution in [0.15, 0.2) is 18.2 Å². The third-order valence-electron chi connectivity index (χ3n) is 3.14. The summed E-state index contributed by atoms with van der Waals surface area (Å²) in [6.07, 6.45) is 2.37. The predicted octanol–water partition coefficient (Wildman–Crippen LogP) is 3.02. The van der Waals surface area contributed by atoms with E-state index in [-0.39, 0.29) is 18.0 Å². The second-order valence-corrected chi connectivity index (χ2v) is 5.06. The third-order valence-corrected chi connectivity index (χ3v) is 3.43. The largest absolute Gasteiger partial charge is 0.489 e. The molecule has 3 nitrogen and oxygen atoms in total. The molecule has 0 saturated carbocycles. The summed E-state index contributed by atoms with van der Waals surface area (Å²) in [6.45, 7) is 4.36. The quantitative estimate of drug-likeness (QED) is 0.872. The van der Waals surface area contributed by atoms with E-state index in [4.69, 9.17) is 21.1 Å². The number of benzene rings is 1. The van der Waals surface area contributed by atoms with Gasteiger partial charge in [0.2, 0.25) is 0 Å². The standard InChI is InChI=1S/C14H19ClFNO2/c1-2-17-8-11-4-5-12(19-11)9-18-14-6-3-10(16)7-13(14)15/h3,6-7,11-12,17H,2,4-5,8-9H2,1H3. The van der Waals surface area contributed by atoms with Crippen molar-refractivity contribution in [2.75, 3.05) is 19.7 Å². The number of halogens is 2. The lowest BCUT2D eigenvalue weighted by molar-refractivity contribution is 0.0188. The van der Waals surface area contributed by atoms with Crippen molar-refractivity contribution in [2.24, 2.45) is 0 Å². The maximum Gasteiger partial charge on any atom is 0.138 e. The normalized spacial score (nSPS) is 22.7. The van der Waals surface area contributed by atoms with Crippen LogP contribution in [0.25, 0.3) is 0 Å². The molecule has 1 aromatic rings. The molecule has 19 heavy (non-hydrogen) atoms. The number of rotatable bonds is 6. The van der Waals surface area contributed by atoms with Gasteiger partial charge in [-0.2, -0.15) is 0 Å². The lowest BCUT2D eigenvalue weighted by atomic mass is 10.2. The Morgan fingerprint density at radius 1 is 1.42 bits per heavy atom. The minimum absolute atomic E-state index is 0.0878. The van der Waals surface area contributed by atoms with Crippen molar-refractivity contribution in [2.45, 2.75) is 32.0 Å². The third kappa shape index (κ3) is 4.34. The Bertz CT molecular complexity index is 416. The fraction of sp³-hybridized carbons (Fsp3) is 0.571. The zero-order valence-corrected chi connectivity index (χ0v) is 11.8. The van der Waals surface area contributed by atoms with E-state index in [0.717, 1.165) is 25.9 Å². The van der Waals surface area contributed by atoms with E-state index in [9.17, 15) is 4.39 Å². The summed E-state index contributed by atoms with van der Waals surface area (Å²) in [6, 6.07) is 4.13. The van der Waals surface area contributed by atoms with Gasteiger partial charge in [0.1, 0.15) is 18.2 Å². The molecular formula is C14H19ClFNO2. The molecule has 2 rings (SSSR count).